The molecule has 0 atom stereocenters. The number of ether oxygens (including phenoxy) is 3. The number of nitrogens with zero attached hydrogens (tertiary/aromatic N) is 5. The van der Waals surface area contributed by atoms with Gasteiger partial charge in [-0.1, -0.05) is 0 Å². The summed E-state index contributed by atoms with van der Waals surface area (Å²) in [6, 6.07) is 3.78. The normalized spacial score (nSPS) is 15.7. The first-order valence-corrected chi connectivity index (χ1v) is 14.0. The molecular formula is C25H29BrN6O5S. The number of aryl methyl sites for hydroxylation is 1. The number of rotatable bonds is 7. The third-order valence-electron chi connectivity index (χ3n) is 6.69. The van der Waals surface area contributed by atoms with Crippen LogP contribution in [0.25, 0.3) is 11.5 Å². The zero-order valence-corrected chi connectivity index (χ0v) is 23.8. The summed E-state index contributed by atoms with van der Waals surface area (Å²) in [6.45, 7) is 6.77. The third-order valence-corrected chi connectivity index (χ3v) is 8.54. The lowest BCUT2D eigenvalue weighted by molar-refractivity contribution is -0.169. The van der Waals surface area contributed by atoms with Crippen molar-refractivity contribution in [3.05, 3.63) is 22.9 Å². The molecule has 0 spiro atoms. The van der Waals surface area contributed by atoms with E-state index in [1.807, 2.05) is 16.7 Å². The minimum absolute atomic E-state index is 0.156. The second-order valence-corrected chi connectivity index (χ2v) is 11.7. The summed E-state index contributed by atoms with van der Waals surface area (Å²) in [6.07, 6.45) is 4.36. The van der Waals surface area contributed by atoms with Gasteiger partial charge in [0.05, 0.1) is 6.33 Å². The van der Waals surface area contributed by atoms with Crippen molar-refractivity contribution < 1.29 is 23.8 Å². The first-order valence-electron chi connectivity index (χ1n) is 12.3. The first kappa shape index (κ1) is 26.5. The smallest absolute Gasteiger partial charge is 0.303 e. The Morgan fingerprint density at radius 2 is 1.92 bits per heavy atom. The van der Waals surface area contributed by atoms with Crippen LogP contribution < -0.4 is 15.2 Å². The van der Waals surface area contributed by atoms with E-state index in [1.165, 1.54) is 18.7 Å². The number of aromatic nitrogens is 4. The summed E-state index contributed by atoms with van der Waals surface area (Å²) in [5, 5.41) is 0.565. The Kier molecular flexibility index (Phi) is 7.40. The molecule has 1 aromatic carbocycles. The lowest BCUT2D eigenvalue weighted by atomic mass is 9.92. The van der Waals surface area contributed by atoms with Crippen molar-refractivity contribution in [2.45, 2.75) is 62.2 Å². The van der Waals surface area contributed by atoms with Crippen molar-refractivity contribution in [2.75, 3.05) is 25.6 Å². The Morgan fingerprint density at radius 3 is 2.63 bits per heavy atom. The molecule has 4 heterocycles. The number of carbonyl (C=O) groups is 2. The number of fused-ring (bicyclic) bond motifs is 2. The fourth-order valence-electron chi connectivity index (χ4n) is 4.75. The standard InChI is InChI=1S/C25H29BrN6O5S/c1-14(33)37-25(2,3)23(34)31-7-4-15(5-8-31)6-9-32-12-28-21(27)20-22(32)30-24(29-20)38-19-11-18-17(10-16(19)26)35-13-36-18/h10-12,15H,4-9,13,27H2,1-3H3. The number of nitrogens with two attached hydrogens (primary N) is 1. The number of benzene rings is 1. The van der Waals surface area contributed by atoms with Gasteiger partial charge in [0.1, 0.15) is 0 Å². The predicted molar refractivity (Wildman–Crippen MR) is 143 cm³/mol. The minimum atomic E-state index is -1.15. The SMILES string of the molecule is CC(=O)OC(C)(C)C(=O)N1CCC(CCn2cnc(N)c3nc(Sc4cc5c(cc4Br)OCO5)nc2-3)CC1. The van der Waals surface area contributed by atoms with E-state index in [0.29, 0.717) is 59.5 Å². The van der Waals surface area contributed by atoms with Gasteiger partial charge in [-0.25, -0.2) is 15.0 Å². The third kappa shape index (κ3) is 5.53. The molecule has 38 heavy (non-hydrogen) atoms. The van der Waals surface area contributed by atoms with Crippen LogP contribution in [0.3, 0.4) is 0 Å². The van der Waals surface area contributed by atoms with Crippen LogP contribution in [0.1, 0.15) is 40.0 Å². The fourth-order valence-corrected chi connectivity index (χ4v) is 6.10. The molecule has 1 amide bonds. The minimum Gasteiger partial charge on any atom is -0.454 e. The number of anilines is 1. The highest BCUT2D eigenvalue weighted by Crippen LogP contribution is 2.43. The molecule has 1 aromatic rings. The van der Waals surface area contributed by atoms with Crippen molar-refractivity contribution in [2.24, 2.45) is 5.92 Å². The van der Waals surface area contributed by atoms with E-state index < -0.39 is 11.6 Å². The monoisotopic (exact) mass is 604 g/mol. The van der Waals surface area contributed by atoms with Crippen LogP contribution in [0.2, 0.25) is 0 Å². The van der Waals surface area contributed by atoms with Gasteiger partial charge in [0, 0.05) is 35.9 Å². The van der Waals surface area contributed by atoms with Crippen molar-refractivity contribution in [3.63, 3.8) is 0 Å². The molecule has 1 fully saturated rings. The van der Waals surface area contributed by atoms with E-state index in [4.69, 9.17) is 24.9 Å². The average molecular weight is 606 g/mol. The number of imidazole rings is 1. The number of halogens is 1. The van der Waals surface area contributed by atoms with Crippen LogP contribution in [0.4, 0.5) is 5.82 Å². The van der Waals surface area contributed by atoms with Gasteiger partial charge in [0.15, 0.2) is 39.6 Å². The Morgan fingerprint density at radius 1 is 1.21 bits per heavy atom. The maximum Gasteiger partial charge on any atom is 0.303 e. The number of piperidine rings is 1. The Hall–Kier alpha value is -3.06. The highest BCUT2D eigenvalue weighted by Gasteiger charge is 2.36. The van der Waals surface area contributed by atoms with E-state index >= 15 is 0 Å². The highest BCUT2D eigenvalue weighted by molar-refractivity contribution is 9.10. The van der Waals surface area contributed by atoms with E-state index in [-0.39, 0.29) is 12.7 Å². The Balaban J connectivity index is 1.23. The van der Waals surface area contributed by atoms with Crippen LogP contribution in [-0.4, -0.2) is 61.8 Å². The molecule has 0 saturated carbocycles. The van der Waals surface area contributed by atoms with Gasteiger partial charge in [0.2, 0.25) is 6.79 Å². The van der Waals surface area contributed by atoms with E-state index in [1.54, 1.807) is 25.1 Å². The van der Waals surface area contributed by atoms with E-state index in [0.717, 1.165) is 28.6 Å². The summed E-state index contributed by atoms with van der Waals surface area (Å²) in [5.74, 6) is 2.23. The summed E-state index contributed by atoms with van der Waals surface area (Å²) in [4.78, 5) is 40.6. The number of nitrogen functional groups attached to an aromatic ring is 1. The van der Waals surface area contributed by atoms with Gasteiger partial charge < -0.3 is 29.4 Å². The van der Waals surface area contributed by atoms with Gasteiger partial charge in [-0.2, -0.15) is 0 Å². The molecule has 4 aliphatic rings. The van der Waals surface area contributed by atoms with Crippen LogP contribution >= 0.6 is 27.7 Å². The van der Waals surface area contributed by atoms with Gasteiger partial charge >= 0.3 is 5.97 Å². The number of hydrogen-bond acceptors (Lipinski definition) is 10. The molecule has 1 saturated heterocycles. The zero-order valence-electron chi connectivity index (χ0n) is 21.4. The Bertz CT molecular complexity index is 1340. The summed E-state index contributed by atoms with van der Waals surface area (Å²) >= 11 is 4.99. The molecule has 0 unspecified atom stereocenters. The van der Waals surface area contributed by atoms with Crippen molar-refractivity contribution >= 4 is 45.4 Å². The van der Waals surface area contributed by atoms with Crippen molar-refractivity contribution in [3.8, 4) is 23.0 Å². The second kappa shape index (κ2) is 10.6. The first-order chi connectivity index (χ1) is 18.1. The number of carbonyl (C=O) groups excluding carboxylic acids is 2. The van der Waals surface area contributed by atoms with Gasteiger partial charge in [0.25, 0.3) is 5.91 Å². The van der Waals surface area contributed by atoms with E-state index in [2.05, 4.69) is 25.9 Å². The quantitative estimate of drug-likeness (QED) is 0.394. The molecule has 0 aromatic heterocycles. The molecule has 202 valence electrons. The van der Waals surface area contributed by atoms with Crippen LogP contribution in [-0.2, 0) is 20.9 Å². The molecule has 11 nitrogen and oxygen atoms in total. The number of hydrogen-bond donors (Lipinski definition) is 1. The van der Waals surface area contributed by atoms with Crippen LogP contribution in [0, 0.1) is 5.92 Å². The highest BCUT2D eigenvalue weighted by atomic mass is 79.9. The second-order valence-electron chi connectivity index (χ2n) is 9.87. The molecule has 0 radical (unpaired) electrons. The topological polar surface area (TPSA) is 135 Å². The molecule has 5 rings (SSSR count). The summed E-state index contributed by atoms with van der Waals surface area (Å²) in [7, 11) is 0. The fraction of sp³-hybridized carbons (Fsp3) is 0.480. The largest absolute Gasteiger partial charge is 0.454 e. The summed E-state index contributed by atoms with van der Waals surface area (Å²) < 4.78 is 19.0. The van der Waals surface area contributed by atoms with E-state index in [9.17, 15) is 9.59 Å². The van der Waals surface area contributed by atoms with Gasteiger partial charge in [-0.05, 0) is 78.9 Å². The van der Waals surface area contributed by atoms with Gasteiger partial charge in [-0.15, -0.1) is 0 Å². The predicted octanol–water partition coefficient (Wildman–Crippen LogP) is 3.97. The molecule has 4 aliphatic heterocycles. The molecule has 0 aliphatic carbocycles. The van der Waals surface area contributed by atoms with Gasteiger partial charge in [-0.3, -0.25) is 9.59 Å². The molecular weight excluding hydrogens is 576 g/mol. The van der Waals surface area contributed by atoms with Crippen LogP contribution in [0.5, 0.6) is 11.5 Å². The van der Waals surface area contributed by atoms with Crippen LogP contribution in [0.15, 0.2) is 33.0 Å². The Labute approximate surface area is 232 Å². The number of amides is 1. The zero-order chi connectivity index (χ0) is 27.0. The number of esters is 1. The molecule has 0 bridgehead atoms. The lowest BCUT2D eigenvalue weighted by Crippen LogP contribution is -2.50. The average Bonchev–Trinajstić information content (AvgIpc) is 3.50. The van der Waals surface area contributed by atoms with Crippen molar-refractivity contribution in [1.29, 1.82) is 0 Å². The maximum absolute atomic E-state index is 12.8. The molecule has 2 N–H and O–H groups in total. The number of likely N-dealkylation sites (tertiary alicyclic amines) is 1. The van der Waals surface area contributed by atoms with Crippen molar-refractivity contribution in [1.82, 2.24) is 24.4 Å². The lowest BCUT2D eigenvalue weighted by Gasteiger charge is -2.36. The molecule has 13 heteroatoms. The summed E-state index contributed by atoms with van der Waals surface area (Å²) in [5.41, 5.74) is 5.55. The maximum atomic E-state index is 12.8.